The van der Waals surface area contributed by atoms with Crippen LogP contribution < -0.4 is 5.32 Å². The van der Waals surface area contributed by atoms with Gasteiger partial charge in [0.05, 0.1) is 11.5 Å². The number of amides is 1. The van der Waals surface area contributed by atoms with Crippen LogP contribution in [0, 0.1) is 6.92 Å². The summed E-state index contributed by atoms with van der Waals surface area (Å²) in [4.78, 5) is 12.4. The predicted molar refractivity (Wildman–Crippen MR) is 114 cm³/mol. The van der Waals surface area contributed by atoms with Crippen LogP contribution in [0.5, 0.6) is 0 Å². The first-order valence-corrected chi connectivity index (χ1v) is 11.4. The molecule has 0 bridgehead atoms. The van der Waals surface area contributed by atoms with Gasteiger partial charge in [0, 0.05) is 23.8 Å². The zero-order chi connectivity index (χ0) is 20.9. The van der Waals surface area contributed by atoms with Gasteiger partial charge in [0.15, 0.2) is 0 Å². The maximum Gasteiger partial charge on any atom is 0.250 e. The van der Waals surface area contributed by atoms with Crippen molar-refractivity contribution in [1.82, 2.24) is 4.31 Å². The van der Waals surface area contributed by atoms with Crippen molar-refractivity contribution in [2.75, 3.05) is 25.0 Å². The number of benzene rings is 2. The topological polar surface area (TPSA) is 75.7 Å². The number of nitrogens with one attached hydrogen (secondary N) is 1. The van der Waals surface area contributed by atoms with Crippen molar-refractivity contribution in [1.29, 1.82) is 0 Å². The van der Waals surface area contributed by atoms with Crippen molar-refractivity contribution < 1.29 is 17.9 Å². The first-order valence-electron chi connectivity index (χ1n) is 9.60. The highest BCUT2D eigenvalue weighted by atomic mass is 35.5. The van der Waals surface area contributed by atoms with Gasteiger partial charge in [0.1, 0.15) is 6.61 Å². The number of piperidine rings is 1. The van der Waals surface area contributed by atoms with E-state index in [0.717, 1.165) is 24.8 Å². The van der Waals surface area contributed by atoms with Crippen molar-refractivity contribution in [3.05, 3.63) is 58.6 Å². The van der Waals surface area contributed by atoms with E-state index in [2.05, 4.69) is 5.32 Å². The van der Waals surface area contributed by atoms with Gasteiger partial charge < -0.3 is 10.1 Å². The van der Waals surface area contributed by atoms with Crippen molar-refractivity contribution in [2.24, 2.45) is 0 Å². The number of anilines is 1. The Labute approximate surface area is 176 Å². The fourth-order valence-electron chi connectivity index (χ4n) is 3.27. The number of hydrogen-bond acceptors (Lipinski definition) is 4. The monoisotopic (exact) mass is 436 g/mol. The summed E-state index contributed by atoms with van der Waals surface area (Å²) in [6.07, 6.45) is 2.80. The zero-order valence-electron chi connectivity index (χ0n) is 16.4. The summed E-state index contributed by atoms with van der Waals surface area (Å²) in [6.45, 7) is 2.89. The third kappa shape index (κ3) is 5.57. The van der Waals surface area contributed by atoms with Crippen molar-refractivity contribution >= 4 is 33.2 Å². The molecule has 1 amide bonds. The first-order chi connectivity index (χ1) is 13.9. The van der Waals surface area contributed by atoms with Crippen molar-refractivity contribution in [3.63, 3.8) is 0 Å². The van der Waals surface area contributed by atoms with Crippen LogP contribution in [0.1, 0.15) is 30.4 Å². The van der Waals surface area contributed by atoms with E-state index in [9.17, 15) is 13.2 Å². The maximum atomic E-state index is 13.0. The smallest absolute Gasteiger partial charge is 0.250 e. The van der Waals surface area contributed by atoms with Crippen LogP contribution in [0.15, 0.2) is 47.4 Å². The molecule has 1 N–H and O–H groups in total. The van der Waals surface area contributed by atoms with Gasteiger partial charge in [-0.1, -0.05) is 42.3 Å². The van der Waals surface area contributed by atoms with E-state index < -0.39 is 10.0 Å². The number of carbonyl (C=O) groups is 1. The first kappa shape index (κ1) is 21.8. The van der Waals surface area contributed by atoms with Crippen molar-refractivity contribution in [2.45, 2.75) is 37.7 Å². The summed E-state index contributed by atoms with van der Waals surface area (Å²) in [7, 11) is -3.57. The Balaban J connectivity index is 1.63. The molecule has 1 aliphatic rings. The quantitative estimate of drug-likeness (QED) is 0.712. The molecule has 0 unspecified atom stereocenters. The number of rotatable bonds is 7. The average molecular weight is 437 g/mol. The Kier molecular flexibility index (Phi) is 7.29. The Morgan fingerprint density at radius 2 is 1.86 bits per heavy atom. The second-order valence-electron chi connectivity index (χ2n) is 7.08. The van der Waals surface area contributed by atoms with Gasteiger partial charge in [-0.25, -0.2) is 8.42 Å². The number of hydrogen-bond donors (Lipinski definition) is 1. The maximum absolute atomic E-state index is 13.0. The molecule has 6 nitrogen and oxygen atoms in total. The molecule has 0 saturated carbocycles. The van der Waals surface area contributed by atoms with Gasteiger partial charge in [-0.15, -0.1) is 0 Å². The van der Waals surface area contributed by atoms with Gasteiger partial charge in [0.2, 0.25) is 15.9 Å². The molecule has 0 atom stereocenters. The molecule has 0 spiro atoms. The van der Waals surface area contributed by atoms with Crippen LogP contribution in [-0.4, -0.2) is 38.3 Å². The Morgan fingerprint density at radius 3 is 2.59 bits per heavy atom. The lowest BCUT2D eigenvalue weighted by Crippen LogP contribution is -2.36. The average Bonchev–Trinajstić information content (AvgIpc) is 2.71. The second-order valence-corrected chi connectivity index (χ2v) is 9.39. The Hall–Kier alpha value is -1.93. The van der Waals surface area contributed by atoms with Gasteiger partial charge in [-0.2, -0.15) is 4.31 Å². The van der Waals surface area contributed by atoms with E-state index in [-0.39, 0.29) is 24.0 Å². The van der Waals surface area contributed by atoms with E-state index in [1.807, 2.05) is 18.2 Å². The minimum Gasteiger partial charge on any atom is -0.367 e. The molecule has 0 radical (unpaired) electrons. The number of sulfonamides is 1. The summed E-state index contributed by atoms with van der Waals surface area (Å²) in [5, 5.41) is 3.29. The summed E-state index contributed by atoms with van der Waals surface area (Å²) >= 11 is 6.07. The number of halogens is 1. The SMILES string of the molecule is Cc1ccc(NC(=O)COCc2ccccc2Cl)cc1S(=O)(=O)N1CCCCC1. The molecule has 2 aromatic rings. The number of carbonyl (C=O) groups excluding carboxylic acids is 1. The number of aryl methyl sites for hydroxylation is 1. The molecule has 0 aliphatic carbocycles. The molecule has 1 saturated heterocycles. The summed E-state index contributed by atoms with van der Waals surface area (Å²) in [5.74, 6) is -0.359. The molecule has 1 aliphatic heterocycles. The van der Waals surface area contributed by atoms with Crippen LogP contribution in [0.3, 0.4) is 0 Å². The number of nitrogens with zero attached hydrogens (tertiary/aromatic N) is 1. The van der Waals surface area contributed by atoms with Gasteiger partial charge in [0.25, 0.3) is 0 Å². The van der Waals surface area contributed by atoms with Crippen LogP contribution in [0.2, 0.25) is 5.02 Å². The predicted octanol–water partition coefficient (Wildman–Crippen LogP) is 3.98. The summed E-state index contributed by atoms with van der Waals surface area (Å²) in [6, 6.07) is 12.2. The lowest BCUT2D eigenvalue weighted by molar-refractivity contribution is -0.121. The molecule has 29 heavy (non-hydrogen) atoms. The van der Waals surface area contributed by atoms with E-state index in [1.165, 1.54) is 10.4 Å². The fourth-order valence-corrected chi connectivity index (χ4v) is 5.22. The molecule has 2 aromatic carbocycles. The molecule has 1 fully saturated rings. The van der Waals surface area contributed by atoms with Crippen LogP contribution in [0.4, 0.5) is 5.69 Å². The van der Waals surface area contributed by atoms with Crippen LogP contribution in [0.25, 0.3) is 0 Å². The Bertz CT molecular complexity index is 972. The molecule has 0 aromatic heterocycles. The lowest BCUT2D eigenvalue weighted by atomic mass is 10.2. The van der Waals surface area contributed by atoms with Crippen LogP contribution in [-0.2, 0) is 26.2 Å². The highest BCUT2D eigenvalue weighted by molar-refractivity contribution is 7.89. The van der Waals surface area contributed by atoms with E-state index in [1.54, 1.807) is 25.1 Å². The largest absolute Gasteiger partial charge is 0.367 e. The van der Waals surface area contributed by atoms with E-state index >= 15 is 0 Å². The highest BCUT2D eigenvalue weighted by Gasteiger charge is 2.27. The lowest BCUT2D eigenvalue weighted by Gasteiger charge is -2.26. The molecule has 1 heterocycles. The molecular weight excluding hydrogens is 412 g/mol. The van der Waals surface area contributed by atoms with Crippen molar-refractivity contribution in [3.8, 4) is 0 Å². The molecule has 3 rings (SSSR count). The molecule has 8 heteroatoms. The van der Waals surface area contributed by atoms with E-state index in [0.29, 0.717) is 29.4 Å². The minimum absolute atomic E-state index is 0.159. The van der Waals surface area contributed by atoms with Crippen LogP contribution >= 0.6 is 11.6 Å². The fraction of sp³-hybridized carbons (Fsp3) is 0.381. The van der Waals surface area contributed by atoms with Gasteiger partial charge in [-0.05, 0) is 49.1 Å². The second kappa shape index (κ2) is 9.71. The standard InChI is InChI=1S/C21H25ClN2O4S/c1-16-9-10-18(13-20(16)29(26,27)24-11-5-2-6-12-24)23-21(25)15-28-14-17-7-3-4-8-19(17)22/h3-4,7-10,13H,2,5-6,11-12,14-15H2,1H3,(H,23,25). The Morgan fingerprint density at radius 1 is 1.14 bits per heavy atom. The number of ether oxygens (including phenoxy) is 1. The normalized spacial score (nSPS) is 15.2. The zero-order valence-corrected chi connectivity index (χ0v) is 17.9. The highest BCUT2D eigenvalue weighted by Crippen LogP contribution is 2.26. The minimum atomic E-state index is -3.57. The van der Waals surface area contributed by atoms with Gasteiger partial charge >= 0.3 is 0 Å². The summed E-state index contributed by atoms with van der Waals surface area (Å²) in [5.41, 5.74) is 1.88. The molecule has 156 valence electrons. The molecular formula is C21H25ClN2O4S. The third-order valence-electron chi connectivity index (χ3n) is 4.85. The van der Waals surface area contributed by atoms with Gasteiger partial charge in [-0.3, -0.25) is 4.79 Å². The summed E-state index contributed by atoms with van der Waals surface area (Å²) < 4.78 is 32.9. The third-order valence-corrected chi connectivity index (χ3v) is 7.26. The van der Waals surface area contributed by atoms with E-state index in [4.69, 9.17) is 16.3 Å².